The first kappa shape index (κ1) is 21.2. The molecule has 0 N–H and O–H groups in total. The highest BCUT2D eigenvalue weighted by Gasteiger charge is 2.12. The predicted octanol–water partition coefficient (Wildman–Crippen LogP) is 3.19. The Morgan fingerprint density at radius 1 is 1.00 bits per heavy atom. The number of ether oxygens (including phenoxy) is 2. The molecule has 164 valence electrons. The highest BCUT2D eigenvalue weighted by Crippen LogP contribution is 2.18. The van der Waals surface area contributed by atoms with E-state index in [4.69, 9.17) is 14.0 Å². The third-order valence-corrected chi connectivity index (χ3v) is 4.98. The van der Waals surface area contributed by atoms with Crippen LogP contribution in [0.5, 0.6) is 5.75 Å². The fraction of sp³-hybridized carbons (Fsp3) is 0.261. The predicted molar refractivity (Wildman–Crippen MR) is 114 cm³/mol. The molecule has 2 aromatic heterocycles. The Kier molecular flexibility index (Phi) is 6.54. The molecule has 32 heavy (non-hydrogen) atoms. The molecule has 0 aliphatic carbocycles. The second-order valence-corrected chi connectivity index (χ2v) is 7.31. The van der Waals surface area contributed by atoms with Crippen LogP contribution in [0.25, 0.3) is 0 Å². The molecule has 0 radical (unpaired) electrons. The van der Waals surface area contributed by atoms with Gasteiger partial charge in [0.15, 0.2) is 12.4 Å². The molecule has 0 atom stereocenters. The zero-order valence-corrected chi connectivity index (χ0v) is 17.9. The van der Waals surface area contributed by atoms with E-state index in [1.807, 2.05) is 68.4 Å². The summed E-state index contributed by atoms with van der Waals surface area (Å²) in [5.41, 5.74) is 3.64. The van der Waals surface area contributed by atoms with Gasteiger partial charge in [-0.15, -0.1) is 5.10 Å². The lowest BCUT2D eigenvalue weighted by molar-refractivity contribution is -0.144. The third kappa shape index (κ3) is 5.37. The average Bonchev–Trinajstić information content (AvgIpc) is 3.38. The van der Waals surface area contributed by atoms with Gasteiger partial charge >= 0.3 is 5.97 Å². The summed E-state index contributed by atoms with van der Waals surface area (Å²) in [6, 6.07) is 17.1. The van der Waals surface area contributed by atoms with Crippen molar-refractivity contribution in [3.05, 3.63) is 88.6 Å². The number of nitrogens with zero attached hydrogens (tertiary/aromatic N) is 5. The Labute approximate surface area is 184 Å². The van der Waals surface area contributed by atoms with Crippen LogP contribution < -0.4 is 4.74 Å². The van der Waals surface area contributed by atoms with E-state index in [0.717, 1.165) is 28.1 Å². The molecule has 2 heterocycles. The maximum Gasteiger partial charge on any atom is 0.310 e. The molecule has 2 aromatic carbocycles. The number of esters is 1. The highest BCUT2D eigenvalue weighted by molar-refractivity contribution is 5.72. The van der Waals surface area contributed by atoms with Gasteiger partial charge in [0, 0.05) is 0 Å². The fourth-order valence-corrected chi connectivity index (χ4v) is 3.14. The zero-order valence-electron chi connectivity index (χ0n) is 17.9. The Bertz CT molecular complexity index is 1150. The molecule has 0 aliphatic rings. The van der Waals surface area contributed by atoms with Crippen LogP contribution in [-0.2, 0) is 35.7 Å². The quantitative estimate of drug-likeness (QED) is 0.371. The summed E-state index contributed by atoms with van der Waals surface area (Å²) in [4.78, 5) is 12.3. The second-order valence-electron chi connectivity index (χ2n) is 7.31. The van der Waals surface area contributed by atoms with Crippen molar-refractivity contribution in [1.29, 1.82) is 0 Å². The summed E-state index contributed by atoms with van der Waals surface area (Å²) in [6.45, 7) is 4.63. The Hall–Kier alpha value is -4.01. The smallest absolute Gasteiger partial charge is 0.310 e. The SMILES string of the molecule is Cc1noc(C)c1COc1ccc(CC(=O)OCc2nnnn2Cc2ccccc2)cc1. The van der Waals surface area contributed by atoms with Crippen molar-refractivity contribution in [2.75, 3.05) is 0 Å². The van der Waals surface area contributed by atoms with Crippen LogP contribution in [0.1, 0.15) is 34.0 Å². The molecule has 0 saturated carbocycles. The minimum atomic E-state index is -0.358. The minimum absolute atomic E-state index is 0.0112. The molecule has 9 heteroatoms. The standard InChI is InChI=1S/C23H23N5O4/c1-16-21(17(2)32-25-16)14-30-20-10-8-18(9-11-20)12-23(29)31-15-22-24-26-27-28(22)13-19-6-4-3-5-7-19/h3-11H,12-15H2,1-2H3. The van der Waals surface area contributed by atoms with Crippen LogP contribution in [0.15, 0.2) is 59.1 Å². The van der Waals surface area contributed by atoms with Gasteiger partial charge in [0.05, 0.1) is 24.2 Å². The number of aromatic nitrogens is 5. The third-order valence-electron chi connectivity index (χ3n) is 4.98. The van der Waals surface area contributed by atoms with Crippen molar-refractivity contribution in [3.63, 3.8) is 0 Å². The molecule has 0 saturated heterocycles. The van der Waals surface area contributed by atoms with Gasteiger partial charge in [-0.05, 0) is 47.5 Å². The molecule has 4 rings (SSSR count). The molecule has 9 nitrogen and oxygen atoms in total. The van der Waals surface area contributed by atoms with E-state index in [2.05, 4.69) is 20.7 Å². The summed E-state index contributed by atoms with van der Waals surface area (Å²) >= 11 is 0. The largest absolute Gasteiger partial charge is 0.489 e. The van der Waals surface area contributed by atoms with E-state index >= 15 is 0 Å². The lowest BCUT2D eigenvalue weighted by Crippen LogP contribution is -2.13. The monoisotopic (exact) mass is 433 g/mol. The Morgan fingerprint density at radius 3 is 2.50 bits per heavy atom. The number of benzene rings is 2. The van der Waals surface area contributed by atoms with Crippen LogP contribution in [0.2, 0.25) is 0 Å². The molecule has 0 spiro atoms. The number of hydrogen-bond acceptors (Lipinski definition) is 8. The molecular formula is C23H23N5O4. The molecule has 0 aliphatic heterocycles. The van der Waals surface area contributed by atoms with Gasteiger partial charge in [-0.3, -0.25) is 4.79 Å². The summed E-state index contributed by atoms with van der Waals surface area (Å²) < 4.78 is 17.9. The lowest BCUT2D eigenvalue weighted by atomic mass is 10.1. The first-order valence-corrected chi connectivity index (χ1v) is 10.2. The Balaban J connectivity index is 1.26. The van der Waals surface area contributed by atoms with E-state index in [-0.39, 0.29) is 19.0 Å². The van der Waals surface area contributed by atoms with Crippen molar-refractivity contribution < 1.29 is 18.8 Å². The molecule has 4 aromatic rings. The zero-order chi connectivity index (χ0) is 22.3. The van der Waals surface area contributed by atoms with Crippen LogP contribution in [0, 0.1) is 13.8 Å². The maximum absolute atomic E-state index is 12.3. The van der Waals surface area contributed by atoms with Crippen LogP contribution in [0.3, 0.4) is 0 Å². The molecule has 0 fully saturated rings. The van der Waals surface area contributed by atoms with E-state index in [9.17, 15) is 4.79 Å². The number of aryl methyl sites for hydroxylation is 2. The number of carbonyl (C=O) groups excluding carboxylic acids is 1. The number of tetrazole rings is 1. The summed E-state index contributed by atoms with van der Waals surface area (Å²) in [6.07, 6.45) is 0.143. The van der Waals surface area contributed by atoms with Crippen molar-refractivity contribution in [2.24, 2.45) is 0 Å². The van der Waals surface area contributed by atoms with E-state index < -0.39 is 0 Å². The maximum atomic E-state index is 12.3. The molecule has 0 unspecified atom stereocenters. The minimum Gasteiger partial charge on any atom is -0.489 e. The highest BCUT2D eigenvalue weighted by atomic mass is 16.5. The number of rotatable bonds is 9. The normalized spacial score (nSPS) is 10.8. The summed E-state index contributed by atoms with van der Waals surface area (Å²) in [5.74, 6) is 1.58. The van der Waals surface area contributed by atoms with Gasteiger partial charge in [0.2, 0.25) is 0 Å². The summed E-state index contributed by atoms with van der Waals surface area (Å²) in [7, 11) is 0. The second kappa shape index (κ2) is 9.86. The van der Waals surface area contributed by atoms with Crippen LogP contribution >= 0.6 is 0 Å². The van der Waals surface area contributed by atoms with Gasteiger partial charge in [0.25, 0.3) is 0 Å². The van der Waals surface area contributed by atoms with Crippen molar-refractivity contribution in [1.82, 2.24) is 25.4 Å². The van der Waals surface area contributed by atoms with Gasteiger partial charge in [-0.1, -0.05) is 47.6 Å². The van der Waals surface area contributed by atoms with Crippen LogP contribution in [-0.4, -0.2) is 31.3 Å². The molecular weight excluding hydrogens is 410 g/mol. The average molecular weight is 433 g/mol. The van der Waals surface area contributed by atoms with E-state index in [1.54, 1.807) is 4.68 Å². The number of hydrogen-bond donors (Lipinski definition) is 0. The van der Waals surface area contributed by atoms with Gasteiger partial charge in [-0.25, -0.2) is 4.68 Å². The molecule has 0 bridgehead atoms. The van der Waals surface area contributed by atoms with Crippen molar-refractivity contribution >= 4 is 5.97 Å². The van der Waals surface area contributed by atoms with E-state index in [0.29, 0.717) is 24.7 Å². The van der Waals surface area contributed by atoms with Gasteiger partial charge < -0.3 is 14.0 Å². The molecule has 0 amide bonds. The lowest BCUT2D eigenvalue weighted by Gasteiger charge is -2.08. The summed E-state index contributed by atoms with van der Waals surface area (Å²) in [5, 5.41) is 15.5. The fourth-order valence-electron chi connectivity index (χ4n) is 3.14. The van der Waals surface area contributed by atoms with Gasteiger partial charge in [0.1, 0.15) is 18.1 Å². The van der Waals surface area contributed by atoms with Crippen molar-refractivity contribution in [2.45, 2.75) is 40.0 Å². The van der Waals surface area contributed by atoms with E-state index in [1.165, 1.54) is 0 Å². The van der Waals surface area contributed by atoms with Gasteiger partial charge in [-0.2, -0.15) is 0 Å². The first-order chi connectivity index (χ1) is 15.6. The number of carbonyl (C=O) groups is 1. The topological polar surface area (TPSA) is 105 Å². The Morgan fingerprint density at radius 2 is 1.78 bits per heavy atom. The van der Waals surface area contributed by atoms with Crippen LogP contribution in [0.4, 0.5) is 0 Å². The van der Waals surface area contributed by atoms with Crippen molar-refractivity contribution in [3.8, 4) is 5.75 Å². The first-order valence-electron chi connectivity index (χ1n) is 10.2.